The van der Waals surface area contributed by atoms with Crippen molar-refractivity contribution in [1.29, 1.82) is 0 Å². The number of carbonyl (C=O) groups is 1. The summed E-state index contributed by atoms with van der Waals surface area (Å²) in [7, 11) is 1.88. The number of aryl methyl sites for hydroxylation is 1. The third-order valence-corrected chi connectivity index (χ3v) is 5.24. The van der Waals surface area contributed by atoms with Crippen LogP contribution >= 0.6 is 0 Å². The lowest BCUT2D eigenvalue weighted by atomic mass is 10.0. The summed E-state index contributed by atoms with van der Waals surface area (Å²) in [6.07, 6.45) is -4.69. The molecule has 0 radical (unpaired) electrons. The summed E-state index contributed by atoms with van der Waals surface area (Å²) in [6, 6.07) is 5.94. The molecule has 7 nitrogen and oxygen atoms in total. The first-order valence-electron chi connectivity index (χ1n) is 14.9. The molecule has 0 atom stereocenters. The first-order chi connectivity index (χ1) is 19.3. The van der Waals surface area contributed by atoms with Gasteiger partial charge < -0.3 is 9.47 Å². The number of hydrogen-bond donors (Lipinski definition) is 0. The van der Waals surface area contributed by atoms with E-state index in [0.717, 1.165) is 34.6 Å². The van der Waals surface area contributed by atoms with Gasteiger partial charge in [0.25, 0.3) is 0 Å². The highest BCUT2D eigenvalue weighted by Gasteiger charge is 2.15. The van der Waals surface area contributed by atoms with Crippen LogP contribution < -0.4 is 4.90 Å². The number of Topliss-reactive ketones (excluding diaryl/α,β-unsaturated/α-hetero) is 1. The molecule has 162 valence electrons. The molecule has 0 unspecified atom stereocenters. The van der Waals surface area contributed by atoms with Gasteiger partial charge in [-0.1, -0.05) is 0 Å². The second kappa shape index (κ2) is 8.49. The summed E-state index contributed by atoms with van der Waals surface area (Å²) in [5.74, 6) is -0.226. The average molecular weight is 437 g/mol. The normalized spacial score (nSPS) is 26.6. The Morgan fingerprint density at radius 3 is 2.59 bits per heavy atom. The Morgan fingerprint density at radius 1 is 1.00 bits per heavy atom. The van der Waals surface area contributed by atoms with Gasteiger partial charge in [-0.2, -0.15) is 0 Å². The van der Waals surface area contributed by atoms with Crippen LogP contribution in [0.3, 0.4) is 0 Å². The number of ketones is 1. The minimum atomic E-state index is -3.55. The van der Waals surface area contributed by atoms with Crippen molar-refractivity contribution in [3.05, 3.63) is 66.1 Å². The molecule has 0 aliphatic carbocycles. The smallest absolute Gasteiger partial charge is 0.169 e. The monoisotopic (exact) mass is 436 g/mol. The van der Waals surface area contributed by atoms with Gasteiger partial charge in [-0.15, -0.1) is 0 Å². The van der Waals surface area contributed by atoms with Gasteiger partial charge in [-0.25, -0.2) is 9.97 Å². The van der Waals surface area contributed by atoms with Crippen molar-refractivity contribution in [2.45, 2.75) is 32.5 Å². The molecule has 1 fully saturated rings. The second-order valence-corrected chi connectivity index (χ2v) is 7.28. The molecule has 0 bridgehead atoms. The number of aromatic nitrogens is 5. The van der Waals surface area contributed by atoms with E-state index in [1.165, 1.54) is 6.07 Å². The Hall–Kier alpha value is -3.61. The highest BCUT2D eigenvalue weighted by Crippen LogP contribution is 2.23. The lowest BCUT2D eigenvalue weighted by Gasteiger charge is -2.27. The number of fused-ring (bicyclic) bond motifs is 1. The zero-order chi connectivity index (χ0) is 31.0. The van der Waals surface area contributed by atoms with E-state index in [-0.39, 0.29) is 16.9 Å². The van der Waals surface area contributed by atoms with Gasteiger partial charge in [-0.05, 0) is 55.7 Å². The zero-order valence-corrected chi connectivity index (χ0v) is 17.4. The van der Waals surface area contributed by atoms with Crippen LogP contribution in [0.5, 0.6) is 0 Å². The van der Waals surface area contributed by atoms with E-state index in [9.17, 15) is 4.79 Å². The molecule has 0 spiro atoms. The number of piperidine rings is 1. The Bertz CT molecular complexity index is 1690. The molecule has 4 aromatic heterocycles. The first kappa shape index (κ1) is 11.9. The fourth-order valence-corrected chi connectivity index (χ4v) is 3.38. The van der Waals surface area contributed by atoms with Gasteiger partial charge in [-0.3, -0.25) is 14.8 Å². The summed E-state index contributed by atoms with van der Waals surface area (Å²) in [5.41, 5.74) is 1.88. The van der Waals surface area contributed by atoms with Crippen LogP contribution in [0.15, 0.2) is 49.1 Å². The molecule has 0 N–H and O–H groups in total. The van der Waals surface area contributed by atoms with Crippen molar-refractivity contribution in [2.24, 2.45) is 7.05 Å². The summed E-state index contributed by atoms with van der Waals surface area (Å²) in [6.45, 7) is -4.91. The van der Waals surface area contributed by atoms with Gasteiger partial charge in [0.2, 0.25) is 0 Å². The van der Waals surface area contributed by atoms with Gasteiger partial charge >= 0.3 is 0 Å². The molecule has 32 heavy (non-hydrogen) atoms. The van der Waals surface area contributed by atoms with E-state index in [1.54, 1.807) is 24.7 Å². The molecule has 5 rings (SSSR count). The van der Waals surface area contributed by atoms with Crippen LogP contribution in [0.25, 0.3) is 22.2 Å². The first-order valence-corrected chi connectivity index (χ1v) is 9.87. The molecule has 5 heterocycles. The third-order valence-electron chi connectivity index (χ3n) is 5.24. The van der Waals surface area contributed by atoms with Crippen LogP contribution in [-0.4, -0.2) is 43.3 Å². The van der Waals surface area contributed by atoms with Crippen LogP contribution in [-0.2, 0) is 13.5 Å². The lowest BCUT2D eigenvalue weighted by Crippen LogP contribution is -2.30. The fraction of sp³-hybridized carbons (Fsp3) is 0.320. The molecule has 1 aliphatic rings. The SMILES string of the molecule is [2H]C1([2H])N(c2cc(C(=O)Cc3cc4cc(-c5cnc(C)n5C)ncc4cn3)ccn2)C([2H])([2H])C([2H])([2H])C([2H])([2H])C1([2H])[2H]. The van der Waals surface area contributed by atoms with E-state index in [4.69, 9.17) is 13.7 Å². The number of anilines is 1. The minimum Gasteiger partial charge on any atom is -0.357 e. The lowest BCUT2D eigenvalue weighted by molar-refractivity contribution is 0.0992. The molecule has 0 aromatic carbocycles. The number of pyridine rings is 3. The third kappa shape index (κ3) is 3.98. The Morgan fingerprint density at radius 2 is 1.81 bits per heavy atom. The highest BCUT2D eigenvalue weighted by atomic mass is 16.1. The van der Waals surface area contributed by atoms with E-state index < -0.39 is 43.7 Å². The maximum atomic E-state index is 13.3. The van der Waals surface area contributed by atoms with Crippen LogP contribution in [0.4, 0.5) is 5.82 Å². The Kier molecular flexibility index (Phi) is 3.15. The topological polar surface area (TPSA) is 76.8 Å². The maximum absolute atomic E-state index is 13.3. The van der Waals surface area contributed by atoms with Crippen LogP contribution in [0, 0.1) is 6.92 Å². The van der Waals surface area contributed by atoms with Crippen molar-refractivity contribution >= 4 is 22.4 Å². The van der Waals surface area contributed by atoms with E-state index >= 15 is 0 Å². The minimum absolute atomic E-state index is 0.0241. The van der Waals surface area contributed by atoms with E-state index in [1.807, 2.05) is 24.6 Å². The molecule has 0 amide bonds. The van der Waals surface area contributed by atoms with Crippen molar-refractivity contribution in [2.75, 3.05) is 17.9 Å². The van der Waals surface area contributed by atoms with Crippen molar-refractivity contribution in [3.8, 4) is 11.4 Å². The largest absolute Gasteiger partial charge is 0.357 e. The highest BCUT2D eigenvalue weighted by molar-refractivity contribution is 5.98. The number of hydrogen-bond acceptors (Lipinski definition) is 6. The van der Waals surface area contributed by atoms with Crippen LogP contribution in [0.2, 0.25) is 0 Å². The number of carbonyl (C=O) groups excluding carboxylic acids is 1. The quantitative estimate of drug-likeness (QED) is 0.438. The zero-order valence-electron chi connectivity index (χ0n) is 27.4. The van der Waals surface area contributed by atoms with E-state index in [0.29, 0.717) is 11.4 Å². The number of nitrogens with zero attached hydrogens (tertiary/aromatic N) is 6. The summed E-state index contributed by atoms with van der Waals surface area (Å²) >= 11 is 0. The summed E-state index contributed by atoms with van der Waals surface area (Å²) in [4.78, 5) is 30.5. The van der Waals surface area contributed by atoms with Crippen molar-refractivity contribution in [1.82, 2.24) is 24.5 Å². The summed E-state index contributed by atoms with van der Waals surface area (Å²) < 4.78 is 83.9. The number of imidazole rings is 1. The Labute approximate surface area is 201 Å². The fourth-order valence-electron chi connectivity index (χ4n) is 3.38. The van der Waals surface area contributed by atoms with Crippen LogP contribution in [0.1, 0.15) is 54.7 Å². The summed E-state index contributed by atoms with van der Waals surface area (Å²) in [5, 5.41) is 1.53. The second-order valence-electron chi connectivity index (χ2n) is 7.28. The molecule has 1 aliphatic heterocycles. The van der Waals surface area contributed by atoms with Gasteiger partial charge in [0, 0.05) is 69.0 Å². The molecule has 4 aromatic rings. The van der Waals surface area contributed by atoms with Gasteiger partial charge in [0.05, 0.1) is 24.0 Å². The molecule has 0 saturated carbocycles. The average Bonchev–Trinajstić information content (AvgIpc) is 3.25. The van der Waals surface area contributed by atoms with Crippen molar-refractivity contribution < 1.29 is 18.5 Å². The van der Waals surface area contributed by atoms with Gasteiger partial charge in [0.1, 0.15) is 11.6 Å². The number of rotatable bonds is 5. The molecular formula is C25H26N6O. The Balaban J connectivity index is 1.48. The predicted octanol–water partition coefficient (Wildman–Crippen LogP) is 4.15. The van der Waals surface area contributed by atoms with Gasteiger partial charge in [0.15, 0.2) is 5.78 Å². The van der Waals surface area contributed by atoms with E-state index in [2.05, 4.69) is 19.9 Å². The standard InChI is InChI=1S/C25H26N6O/c1-17-27-16-23(30(17)2)22-11-19-10-21(28-14-20(19)15-29-22)13-24(32)18-6-7-26-25(12-18)31-8-4-3-5-9-31/h6-7,10-12,14-16H,3-5,8-9,13H2,1-2H3/i3D2,4D2,5D2,8D2,9D2. The molecule has 7 heteroatoms. The molecule has 1 saturated heterocycles. The maximum Gasteiger partial charge on any atom is 0.169 e. The van der Waals surface area contributed by atoms with Crippen molar-refractivity contribution in [3.63, 3.8) is 0 Å². The molecular weight excluding hydrogens is 400 g/mol. The predicted molar refractivity (Wildman–Crippen MR) is 125 cm³/mol.